The number of benzene rings is 3. The Bertz CT molecular complexity index is 804. The molecular formula is C18H15N. The predicted octanol–water partition coefficient (Wildman–Crippen LogP) is 5.10. The minimum absolute atomic E-state index is 0.0457. The zero-order valence-electron chi connectivity index (χ0n) is 14.3. The van der Waals surface area contributed by atoms with E-state index in [1.165, 1.54) is 0 Å². The molecular weight excluding hydrogens is 230 g/mol. The summed E-state index contributed by atoms with van der Waals surface area (Å²) < 4.78 is 32.9. The second kappa shape index (κ2) is 5.40. The van der Waals surface area contributed by atoms with Crippen LogP contribution in [0.3, 0.4) is 0 Å². The van der Waals surface area contributed by atoms with Crippen LogP contribution in [0.1, 0.15) is 5.48 Å². The van der Waals surface area contributed by atoms with E-state index < -0.39 is 0 Å². The normalized spacial score (nSPS) is 13.1. The molecule has 0 fully saturated rings. The van der Waals surface area contributed by atoms with Crippen LogP contribution in [-0.2, 0) is 0 Å². The first-order chi connectivity index (χ1) is 11.1. The Kier molecular flexibility index (Phi) is 2.22. The van der Waals surface area contributed by atoms with Gasteiger partial charge in [-0.2, -0.15) is 0 Å². The monoisotopic (exact) mass is 249 g/mol. The highest BCUT2D eigenvalue weighted by Gasteiger charge is 1.97. The Morgan fingerprint density at radius 1 is 0.579 bits per heavy atom. The average molecular weight is 249 g/mol. The van der Waals surface area contributed by atoms with Gasteiger partial charge in [-0.3, -0.25) is 0 Å². The van der Waals surface area contributed by atoms with E-state index >= 15 is 0 Å². The van der Waals surface area contributed by atoms with E-state index in [1.54, 1.807) is 12.1 Å². The molecule has 92 valence electrons. The van der Waals surface area contributed by atoms with Crippen LogP contribution in [0.5, 0.6) is 0 Å². The molecule has 0 unspecified atom stereocenters. The standard InChI is InChI=1S/C18H15N/c1-3-7-15(8-4-1)16-11-13-18(14-12-16)19-17-9-5-2-6-10-17/h1-14,19H/i11D,12D,13D,14D. The number of anilines is 2. The van der Waals surface area contributed by atoms with Gasteiger partial charge in [-0.15, -0.1) is 0 Å². The first-order valence-corrected chi connectivity index (χ1v) is 6.07. The van der Waals surface area contributed by atoms with Crippen LogP contribution in [-0.4, -0.2) is 0 Å². The second-order valence-electron chi connectivity index (χ2n) is 4.11. The third kappa shape index (κ3) is 2.83. The van der Waals surface area contributed by atoms with Crippen LogP contribution in [0, 0.1) is 0 Å². The fraction of sp³-hybridized carbons (Fsp3) is 0. The number of rotatable bonds is 3. The summed E-state index contributed by atoms with van der Waals surface area (Å²) in [6.07, 6.45) is 0. The third-order valence-electron chi connectivity index (χ3n) is 2.73. The van der Waals surface area contributed by atoms with Crippen LogP contribution in [0.2, 0.25) is 0 Å². The zero-order chi connectivity index (χ0) is 16.4. The fourth-order valence-corrected chi connectivity index (χ4v) is 1.79. The van der Waals surface area contributed by atoms with Crippen molar-refractivity contribution in [2.45, 2.75) is 0 Å². The van der Waals surface area contributed by atoms with E-state index in [-0.39, 0.29) is 29.9 Å². The molecule has 3 rings (SSSR count). The molecule has 1 N–H and O–H groups in total. The predicted molar refractivity (Wildman–Crippen MR) is 81.6 cm³/mol. The molecule has 0 aliphatic heterocycles. The van der Waals surface area contributed by atoms with Crippen molar-refractivity contribution in [3.05, 3.63) is 84.8 Å². The Morgan fingerprint density at radius 3 is 1.79 bits per heavy atom. The molecule has 19 heavy (non-hydrogen) atoms. The fourth-order valence-electron chi connectivity index (χ4n) is 1.79. The first-order valence-electron chi connectivity index (χ1n) is 8.07. The second-order valence-corrected chi connectivity index (χ2v) is 4.11. The maximum absolute atomic E-state index is 8.25. The molecule has 0 spiro atoms. The quantitative estimate of drug-likeness (QED) is 0.681. The molecule has 1 heteroatoms. The minimum atomic E-state index is -0.0753. The van der Waals surface area contributed by atoms with Crippen LogP contribution in [0.4, 0.5) is 11.4 Å². The number of nitrogens with one attached hydrogen (secondary N) is 1. The molecule has 0 heterocycles. The highest BCUT2D eigenvalue weighted by atomic mass is 14.9. The summed E-state index contributed by atoms with van der Waals surface area (Å²) in [6.45, 7) is 0. The lowest BCUT2D eigenvalue weighted by molar-refractivity contribution is 1.54. The molecule has 0 aliphatic rings. The van der Waals surface area contributed by atoms with Crippen LogP contribution >= 0.6 is 0 Å². The van der Waals surface area contributed by atoms with Crippen molar-refractivity contribution in [2.24, 2.45) is 0 Å². The number of hydrogen-bond acceptors (Lipinski definition) is 1. The highest BCUT2D eigenvalue weighted by molar-refractivity contribution is 5.68. The number of para-hydroxylation sites is 1. The molecule has 1 nitrogen and oxygen atoms in total. The summed E-state index contributed by atoms with van der Waals surface area (Å²) in [5, 5.41) is 2.99. The van der Waals surface area contributed by atoms with Gasteiger partial charge < -0.3 is 5.32 Å². The molecule has 0 bridgehead atoms. The van der Waals surface area contributed by atoms with Gasteiger partial charge >= 0.3 is 0 Å². The van der Waals surface area contributed by atoms with Gasteiger partial charge in [0.1, 0.15) is 0 Å². The van der Waals surface area contributed by atoms with Crippen molar-refractivity contribution in [3.8, 4) is 11.1 Å². The summed E-state index contributed by atoms with van der Waals surface area (Å²) in [7, 11) is 0. The van der Waals surface area contributed by atoms with E-state index in [0.717, 1.165) is 5.69 Å². The smallest absolute Gasteiger partial charge is 0.0645 e. The van der Waals surface area contributed by atoms with E-state index in [0.29, 0.717) is 11.1 Å². The molecule has 3 aromatic carbocycles. The molecule has 0 atom stereocenters. The van der Waals surface area contributed by atoms with Crippen molar-refractivity contribution < 1.29 is 5.48 Å². The molecule has 0 radical (unpaired) electrons. The van der Waals surface area contributed by atoms with Gasteiger partial charge in [-0.05, 0) is 35.3 Å². The van der Waals surface area contributed by atoms with Gasteiger partial charge in [0.2, 0.25) is 0 Å². The van der Waals surface area contributed by atoms with Crippen molar-refractivity contribution >= 4 is 11.4 Å². The van der Waals surface area contributed by atoms with Crippen molar-refractivity contribution in [1.29, 1.82) is 0 Å². The van der Waals surface area contributed by atoms with Crippen molar-refractivity contribution in [3.63, 3.8) is 0 Å². The van der Waals surface area contributed by atoms with Gasteiger partial charge in [-0.1, -0.05) is 60.6 Å². The van der Waals surface area contributed by atoms with Gasteiger partial charge in [0.05, 0.1) is 5.48 Å². The SMILES string of the molecule is [2H]c1c([2H])c(-c2ccccc2)c([2H])c([2H])c1Nc1ccccc1. The third-order valence-corrected chi connectivity index (χ3v) is 2.73. The summed E-state index contributed by atoms with van der Waals surface area (Å²) in [5.74, 6) is 0. The van der Waals surface area contributed by atoms with Gasteiger partial charge in [0.15, 0.2) is 0 Å². The Morgan fingerprint density at radius 2 is 1.16 bits per heavy atom. The molecule has 0 aliphatic carbocycles. The molecule has 0 saturated carbocycles. The van der Waals surface area contributed by atoms with Crippen LogP contribution in [0.15, 0.2) is 84.8 Å². The lowest BCUT2D eigenvalue weighted by Gasteiger charge is -2.07. The van der Waals surface area contributed by atoms with Crippen LogP contribution < -0.4 is 5.32 Å². The van der Waals surface area contributed by atoms with Crippen LogP contribution in [0.25, 0.3) is 11.1 Å². The first kappa shape index (κ1) is 7.80. The highest BCUT2D eigenvalue weighted by Crippen LogP contribution is 2.22. The average Bonchev–Trinajstić information content (AvgIpc) is 2.59. The lowest BCUT2D eigenvalue weighted by atomic mass is 10.1. The summed E-state index contributed by atoms with van der Waals surface area (Å²) in [5.41, 5.74) is 1.90. The summed E-state index contributed by atoms with van der Waals surface area (Å²) in [6, 6.07) is 18.0. The van der Waals surface area contributed by atoms with E-state index in [9.17, 15) is 0 Å². The zero-order valence-corrected chi connectivity index (χ0v) is 10.3. The minimum Gasteiger partial charge on any atom is -0.356 e. The van der Waals surface area contributed by atoms with E-state index in [4.69, 9.17) is 5.48 Å². The topological polar surface area (TPSA) is 12.0 Å². The van der Waals surface area contributed by atoms with Gasteiger partial charge in [0, 0.05) is 11.4 Å². The molecule has 0 saturated heterocycles. The van der Waals surface area contributed by atoms with Crippen molar-refractivity contribution in [1.82, 2.24) is 0 Å². The Hall–Kier alpha value is -2.54. The van der Waals surface area contributed by atoms with Gasteiger partial charge in [-0.25, -0.2) is 0 Å². The molecule has 0 amide bonds. The summed E-state index contributed by atoms with van der Waals surface area (Å²) >= 11 is 0. The Labute approximate surface area is 119 Å². The van der Waals surface area contributed by atoms with E-state index in [1.807, 2.05) is 48.5 Å². The molecule has 0 aromatic heterocycles. The maximum atomic E-state index is 8.25. The van der Waals surface area contributed by atoms with Gasteiger partial charge in [0.25, 0.3) is 0 Å². The van der Waals surface area contributed by atoms with Crippen molar-refractivity contribution in [2.75, 3.05) is 5.32 Å². The maximum Gasteiger partial charge on any atom is 0.0645 e. The lowest BCUT2D eigenvalue weighted by Crippen LogP contribution is -1.89. The molecule has 3 aromatic rings. The summed E-state index contributed by atoms with van der Waals surface area (Å²) in [4.78, 5) is 0. The largest absolute Gasteiger partial charge is 0.356 e. The number of hydrogen-bond donors (Lipinski definition) is 1. The van der Waals surface area contributed by atoms with E-state index in [2.05, 4.69) is 5.32 Å². The Balaban J connectivity index is 2.14.